The molecule has 0 unspecified atom stereocenters. The standard InChI is InChI=1S/C7H6N2O2/c10-7(11)3-1-2-6-8-4-5-9-6/h4-5H,3H2,(H,8,9)(H,10,11). The molecule has 2 N–H and O–H groups in total. The van der Waals surface area contributed by atoms with Crippen molar-refractivity contribution in [2.45, 2.75) is 6.42 Å². The topological polar surface area (TPSA) is 66.0 Å². The molecule has 0 aliphatic carbocycles. The van der Waals surface area contributed by atoms with E-state index in [9.17, 15) is 4.79 Å². The van der Waals surface area contributed by atoms with Gasteiger partial charge in [-0.2, -0.15) is 0 Å². The van der Waals surface area contributed by atoms with Crippen LogP contribution in [-0.2, 0) is 4.79 Å². The van der Waals surface area contributed by atoms with Gasteiger partial charge in [0.2, 0.25) is 0 Å². The predicted molar refractivity (Wildman–Crippen MR) is 37.7 cm³/mol. The molecular weight excluding hydrogens is 144 g/mol. The lowest BCUT2D eigenvalue weighted by molar-refractivity contribution is -0.135. The van der Waals surface area contributed by atoms with E-state index >= 15 is 0 Å². The van der Waals surface area contributed by atoms with Crippen molar-refractivity contribution in [2.24, 2.45) is 0 Å². The Morgan fingerprint density at radius 3 is 3.18 bits per heavy atom. The first-order valence-electron chi connectivity index (χ1n) is 2.99. The highest BCUT2D eigenvalue weighted by Crippen LogP contribution is 1.83. The first-order chi connectivity index (χ1) is 5.29. The minimum Gasteiger partial charge on any atom is -0.481 e. The van der Waals surface area contributed by atoms with E-state index in [1.54, 1.807) is 12.4 Å². The molecular formula is C7H6N2O2. The lowest BCUT2D eigenvalue weighted by Crippen LogP contribution is -1.90. The molecule has 56 valence electrons. The zero-order valence-corrected chi connectivity index (χ0v) is 5.66. The second-order valence-corrected chi connectivity index (χ2v) is 1.81. The Kier molecular flexibility index (Phi) is 2.28. The quantitative estimate of drug-likeness (QED) is 0.563. The van der Waals surface area contributed by atoms with Gasteiger partial charge >= 0.3 is 5.97 Å². The van der Waals surface area contributed by atoms with E-state index < -0.39 is 5.97 Å². The molecule has 0 aromatic carbocycles. The minimum absolute atomic E-state index is 0.152. The van der Waals surface area contributed by atoms with Crippen molar-refractivity contribution in [3.05, 3.63) is 18.2 Å². The van der Waals surface area contributed by atoms with Crippen molar-refractivity contribution in [3.63, 3.8) is 0 Å². The zero-order valence-electron chi connectivity index (χ0n) is 5.66. The van der Waals surface area contributed by atoms with Crippen molar-refractivity contribution in [2.75, 3.05) is 0 Å². The molecule has 4 heteroatoms. The number of rotatable bonds is 1. The van der Waals surface area contributed by atoms with Gasteiger partial charge in [0.15, 0.2) is 5.82 Å². The number of aromatic nitrogens is 2. The summed E-state index contributed by atoms with van der Waals surface area (Å²) in [5, 5.41) is 8.21. The third-order valence-corrected chi connectivity index (χ3v) is 0.945. The van der Waals surface area contributed by atoms with Crippen LogP contribution in [0.15, 0.2) is 12.4 Å². The number of H-pyrrole nitrogens is 1. The van der Waals surface area contributed by atoms with Crippen molar-refractivity contribution in [1.29, 1.82) is 0 Å². The van der Waals surface area contributed by atoms with Gasteiger partial charge in [0.05, 0.1) is 0 Å². The smallest absolute Gasteiger partial charge is 0.315 e. The van der Waals surface area contributed by atoms with Gasteiger partial charge in [-0.3, -0.25) is 4.79 Å². The molecule has 1 heterocycles. The van der Waals surface area contributed by atoms with E-state index in [0.29, 0.717) is 5.82 Å². The average molecular weight is 150 g/mol. The van der Waals surface area contributed by atoms with Crippen LogP contribution in [0.4, 0.5) is 0 Å². The molecule has 0 radical (unpaired) electrons. The van der Waals surface area contributed by atoms with Gasteiger partial charge in [-0.05, 0) is 5.92 Å². The Labute approximate surface area is 63.3 Å². The Balaban J connectivity index is 2.52. The number of carbonyl (C=O) groups is 1. The summed E-state index contributed by atoms with van der Waals surface area (Å²) in [6.07, 6.45) is 3.04. The van der Waals surface area contributed by atoms with E-state index in [0.717, 1.165) is 0 Å². The predicted octanol–water partition coefficient (Wildman–Crippen LogP) is 0.236. The van der Waals surface area contributed by atoms with Crippen molar-refractivity contribution >= 4 is 5.97 Å². The van der Waals surface area contributed by atoms with Crippen LogP contribution in [0.2, 0.25) is 0 Å². The summed E-state index contributed by atoms with van der Waals surface area (Å²) in [5.74, 6) is 4.57. The van der Waals surface area contributed by atoms with E-state index in [-0.39, 0.29) is 6.42 Å². The normalized spacial score (nSPS) is 8.36. The van der Waals surface area contributed by atoms with Crippen LogP contribution in [0.1, 0.15) is 12.2 Å². The Morgan fingerprint density at radius 2 is 2.64 bits per heavy atom. The number of carboxylic acids is 1. The second-order valence-electron chi connectivity index (χ2n) is 1.81. The molecule has 0 fully saturated rings. The van der Waals surface area contributed by atoms with Gasteiger partial charge in [0.1, 0.15) is 6.42 Å². The van der Waals surface area contributed by atoms with Crippen LogP contribution in [-0.4, -0.2) is 21.0 Å². The maximum Gasteiger partial charge on any atom is 0.315 e. The molecule has 0 amide bonds. The summed E-state index contributed by atoms with van der Waals surface area (Å²) in [7, 11) is 0. The van der Waals surface area contributed by atoms with E-state index in [2.05, 4.69) is 21.8 Å². The largest absolute Gasteiger partial charge is 0.481 e. The van der Waals surface area contributed by atoms with Gasteiger partial charge in [0.25, 0.3) is 0 Å². The molecule has 11 heavy (non-hydrogen) atoms. The Hall–Kier alpha value is -1.76. The van der Waals surface area contributed by atoms with Gasteiger partial charge in [-0.25, -0.2) is 4.98 Å². The average Bonchev–Trinajstić information content (AvgIpc) is 2.39. The van der Waals surface area contributed by atoms with E-state index in [4.69, 9.17) is 5.11 Å². The molecule has 0 aliphatic heterocycles. The molecule has 0 saturated heterocycles. The molecule has 0 bridgehead atoms. The number of nitrogens with one attached hydrogen (secondary N) is 1. The zero-order chi connectivity index (χ0) is 8.10. The fourth-order valence-electron chi connectivity index (χ4n) is 0.537. The fraction of sp³-hybridized carbons (Fsp3) is 0.143. The molecule has 0 spiro atoms. The maximum atomic E-state index is 9.99. The SMILES string of the molecule is O=C(O)CC#Cc1ncc[nH]1. The van der Waals surface area contributed by atoms with E-state index in [1.807, 2.05) is 0 Å². The summed E-state index contributed by atoms with van der Waals surface area (Å²) < 4.78 is 0. The Morgan fingerprint density at radius 1 is 1.82 bits per heavy atom. The third kappa shape index (κ3) is 2.54. The highest BCUT2D eigenvalue weighted by molar-refractivity contribution is 5.70. The van der Waals surface area contributed by atoms with Crippen LogP contribution in [0.25, 0.3) is 0 Å². The summed E-state index contributed by atoms with van der Waals surface area (Å²) in [6, 6.07) is 0. The first kappa shape index (κ1) is 7.35. The molecule has 0 aliphatic rings. The number of imidazole rings is 1. The van der Waals surface area contributed by atoms with Crippen LogP contribution < -0.4 is 0 Å². The monoisotopic (exact) mass is 150 g/mol. The fourth-order valence-corrected chi connectivity index (χ4v) is 0.537. The molecule has 4 nitrogen and oxygen atoms in total. The minimum atomic E-state index is -0.927. The van der Waals surface area contributed by atoms with Gasteiger partial charge in [-0.15, -0.1) is 0 Å². The highest BCUT2D eigenvalue weighted by atomic mass is 16.4. The van der Waals surface area contributed by atoms with Gasteiger partial charge < -0.3 is 10.1 Å². The van der Waals surface area contributed by atoms with Crippen LogP contribution in [0.5, 0.6) is 0 Å². The van der Waals surface area contributed by atoms with Crippen LogP contribution in [0, 0.1) is 11.8 Å². The Bertz CT molecular complexity index is 292. The number of hydrogen-bond acceptors (Lipinski definition) is 2. The van der Waals surface area contributed by atoms with Gasteiger partial charge in [-0.1, -0.05) is 5.92 Å². The molecule has 0 atom stereocenters. The van der Waals surface area contributed by atoms with Crippen molar-refractivity contribution < 1.29 is 9.90 Å². The van der Waals surface area contributed by atoms with Crippen LogP contribution in [0.3, 0.4) is 0 Å². The maximum absolute atomic E-state index is 9.99. The lowest BCUT2D eigenvalue weighted by Gasteiger charge is -1.77. The summed E-state index contributed by atoms with van der Waals surface area (Å²) in [6.45, 7) is 0. The second kappa shape index (κ2) is 3.42. The lowest BCUT2D eigenvalue weighted by atomic mass is 10.4. The van der Waals surface area contributed by atoms with Crippen molar-refractivity contribution in [3.8, 4) is 11.8 Å². The summed E-state index contributed by atoms with van der Waals surface area (Å²) in [4.78, 5) is 16.5. The van der Waals surface area contributed by atoms with E-state index in [1.165, 1.54) is 0 Å². The first-order valence-corrected chi connectivity index (χ1v) is 2.99. The molecule has 1 aromatic rings. The summed E-state index contributed by atoms with van der Waals surface area (Å²) >= 11 is 0. The number of aliphatic carboxylic acids is 1. The molecule has 1 rings (SSSR count). The number of aromatic amines is 1. The number of carboxylic acid groups (broad SMARTS) is 1. The third-order valence-electron chi connectivity index (χ3n) is 0.945. The summed E-state index contributed by atoms with van der Waals surface area (Å²) in [5.41, 5.74) is 0. The molecule has 1 aromatic heterocycles. The van der Waals surface area contributed by atoms with Gasteiger partial charge in [0, 0.05) is 12.4 Å². The van der Waals surface area contributed by atoms with Crippen molar-refractivity contribution in [1.82, 2.24) is 9.97 Å². The molecule has 0 saturated carbocycles. The number of nitrogens with zero attached hydrogens (tertiary/aromatic N) is 1. The van der Waals surface area contributed by atoms with Crippen LogP contribution >= 0.6 is 0 Å². The number of hydrogen-bond donors (Lipinski definition) is 2. The highest BCUT2D eigenvalue weighted by Gasteiger charge is 1.89.